The molecule has 0 aliphatic rings. The van der Waals surface area contributed by atoms with Crippen LogP contribution < -0.4 is 10.6 Å². The molecule has 2 amide bonds. The number of hydrogen-bond donors (Lipinski definition) is 2. The van der Waals surface area contributed by atoms with E-state index >= 15 is 0 Å². The molecule has 0 radical (unpaired) electrons. The molecule has 17 heavy (non-hydrogen) atoms. The molecule has 0 saturated carbocycles. The van der Waals surface area contributed by atoms with Crippen molar-refractivity contribution < 1.29 is 19.1 Å². The number of nitrogens with one attached hydrogen (secondary N) is 2. The minimum atomic E-state index is -0.705. The van der Waals surface area contributed by atoms with Crippen LogP contribution in [-0.4, -0.2) is 37.0 Å². The van der Waals surface area contributed by atoms with Crippen LogP contribution in [0.4, 0.5) is 0 Å². The van der Waals surface area contributed by atoms with Gasteiger partial charge in [-0.25, -0.2) is 4.79 Å². The molecule has 2 N–H and O–H groups in total. The number of hydrogen-bond acceptors (Lipinski definition) is 4. The van der Waals surface area contributed by atoms with Gasteiger partial charge in [-0.1, -0.05) is 13.8 Å². The van der Waals surface area contributed by atoms with Crippen molar-refractivity contribution >= 4 is 17.8 Å². The third-order valence-electron chi connectivity index (χ3n) is 2.23. The van der Waals surface area contributed by atoms with Gasteiger partial charge in [0.1, 0.15) is 12.1 Å². The molecule has 0 aromatic rings. The Kier molecular flexibility index (Phi) is 6.23. The number of carbonyl (C=O) groups excluding carboxylic acids is 3. The van der Waals surface area contributed by atoms with E-state index in [0.717, 1.165) is 0 Å². The van der Waals surface area contributed by atoms with E-state index in [2.05, 4.69) is 15.4 Å². The standard InChI is InChI=1S/C11H20N2O4/c1-6(2)9(11(16)17-5)13-10(15)7(3)12-8(4)14/h6-7,9H,1-5H3,(H,12,14)(H,13,15)/t7-,9+/m1/s1. The van der Waals surface area contributed by atoms with E-state index in [1.54, 1.807) is 20.8 Å². The average molecular weight is 244 g/mol. The summed E-state index contributed by atoms with van der Waals surface area (Å²) < 4.78 is 4.59. The summed E-state index contributed by atoms with van der Waals surface area (Å²) in [5.74, 6) is -1.30. The summed E-state index contributed by atoms with van der Waals surface area (Å²) in [5.41, 5.74) is 0. The number of rotatable bonds is 5. The molecular weight excluding hydrogens is 224 g/mol. The molecule has 0 heterocycles. The third kappa shape index (κ3) is 5.33. The van der Waals surface area contributed by atoms with Gasteiger partial charge < -0.3 is 15.4 Å². The van der Waals surface area contributed by atoms with E-state index in [1.807, 2.05) is 0 Å². The van der Waals surface area contributed by atoms with Crippen LogP contribution in [0.25, 0.3) is 0 Å². The summed E-state index contributed by atoms with van der Waals surface area (Å²) in [5, 5.41) is 4.98. The van der Waals surface area contributed by atoms with E-state index in [0.29, 0.717) is 0 Å². The second kappa shape index (κ2) is 6.88. The van der Waals surface area contributed by atoms with E-state index in [4.69, 9.17) is 0 Å². The third-order valence-corrected chi connectivity index (χ3v) is 2.23. The molecule has 98 valence electrons. The summed E-state index contributed by atoms with van der Waals surface area (Å²) in [6.07, 6.45) is 0. The molecule has 6 heteroatoms. The lowest BCUT2D eigenvalue weighted by Gasteiger charge is -2.22. The van der Waals surface area contributed by atoms with Gasteiger partial charge in [-0.15, -0.1) is 0 Å². The number of esters is 1. The van der Waals surface area contributed by atoms with Gasteiger partial charge in [0.25, 0.3) is 0 Å². The Morgan fingerprint density at radius 2 is 1.59 bits per heavy atom. The highest BCUT2D eigenvalue weighted by molar-refractivity contribution is 5.90. The van der Waals surface area contributed by atoms with E-state index < -0.39 is 24.0 Å². The zero-order valence-corrected chi connectivity index (χ0v) is 10.9. The van der Waals surface area contributed by atoms with Crippen molar-refractivity contribution in [3.05, 3.63) is 0 Å². The van der Waals surface area contributed by atoms with Gasteiger partial charge in [0.2, 0.25) is 11.8 Å². The zero-order valence-electron chi connectivity index (χ0n) is 10.9. The maximum atomic E-state index is 11.7. The van der Waals surface area contributed by atoms with Gasteiger partial charge in [-0.05, 0) is 12.8 Å². The fourth-order valence-electron chi connectivity index (χ4n) is 1.27. The number of methoxy groups -OCH3 is 1. The molecule has 6 nitrogen and oxygen atoms in total. The predicted molar refractivity (Wildman–Crippen MR) is 62.1 cm³/mol. The number of amides is 2. The monoisotopic (exact) mass is 244 g/mol. The molecule has 0 aromatic heterocycles. The van der Waals surface area contributed by atoms with Gasteiger partial charge in [0.05, 0.1) is 7.11 Å². The second-order valence-electron chi connectivity index (χ2n) is 4.18. The first-order chi connectivity index (χ1) is 7.79. The van der Waals surface area contributed by atoms with E-state index in [1.165, 1.54) is 14.0 Å². The normalized spacial score (nSPS) is 13.8. The maximum Gasteiger partial charge on any atom is 0.328 e. The first kappa shape index (κ1) is 15.4. The molecule has 0 aromatic carbocycles. The molecule has 2 atom stereocenters. The molecule has 0 aliphatic heterocycles. The Bertz CT molecular complexity index is 302. The molecule has 0 saturated heterocycles. The van der Waals surface area contributed by atoms with Crippen molar-refractivity contribution in [2.24, 2.45) is 5.92 Å². The molecule has 0 bridgehead atoms. The van der Waals surface area contributed by atoms with Crippen molar-refractivity contribution in [3.63, 3.8) is 0 Å². The Hall–Kier alpha value is -1.59. The number of ether oxygens (including phenoxy) is 1. The molecule has 0 unspecified atom stereocenters. The van der Waals surface area contributed by atoms with Crippen LogP contribution in [0.15, 0.2) is 0 Å². The summed E-state index contributed by atoms with van der Waals surface area (Å²) in [6.45, 7) is 6.46. The number of carbonyl (C=O) groups is 3. The maximum absolute atomic E-state index is 11.7. The molecule has 0 fully saturated rings. The topological polar surface area (TPSA) is 84.5 Å². The lowest BCUT2D eigenvalue weighted by molar-refractivity contribution is -0.146. The minimum Gasteiger partial charge on any atom is -0.467 e. The quantitative estimate of drug-likeness (QED) is 0.657. The minimum absolute atomic E-state index is 0.0871. The Morgan fingerprint density at radius 3 is 1.94 bits per heavy atom. The van der Waals surface area contributed by atoms with E-state index in [9.17, 15) is 14.4 Å². The summed E-state index contributed by atoms with van der Waals surface area (Å²) in [7, 11) is 1.26. The highest BCUT2D eigenvalue weighted by Gasteiger charge is 2.26. The van der Waals surface area contributed by atoms with E-state index in [-0.39, 0.29) is 11.8 Å². The van der Waals surface area contributed by atoms with Crippen molar-refractivity contribution in [1.29, 1.82) is 0 Å². The first-order valence-electron chi connectivity index (χ1n) is 5.44. The van der Waals surface area contributed by atoms with Gasteiger partial charge in [-0.3, -0.25) is 9.59 Å². The van der Waals surface area contributed by atoms with Crippen LogP contribution in [0, 0.1) is 5.92 Å². The van der Waals surface area contributed by atoms with Crippen molar-refractivity contribution in [2.45, 2.75) is 39.8 Å². The molecule has 0 rings (SSSR count). The van der Waals surface area contributed by atoms with Gasteiger partial charge >= 0.3 is 5.97 Å². The van der Waals surface area contributed by atoms with Gasteiger partial charge in [-0.2, -0.15) is 0 Å². The van der Waals surface area contributed by atoms with Crippen LogP contribution in [0.1, 0.15) is 27.7 Å². The smallest absolute Gasteiger partial charge is 0.328 e. The molecular formula is C11H20N2O4. The Balaban J connectivity index is 4.50. The predicted octanol–water partition coefficient (Wildman–Crippen LogP) is -0.175. The zero-order chi connectivity index (χ0) is 13.6. The lowest BCUT2D eigenvalue weighted by Crippen LogP contribution is -2.52. The summed E-state index contributed by atoms with van der Waals surface area (Å²) in [4.78, 5) is 33.9. The molecule has 0 aliphatic carbocycles. The van der Waals surface area contributed by atoms with Crippen LogP contribution >= 0.6 is 0 Å². The van der Waals surface area contributed by atoms with Crippen molar-refractivity contribution in [2.75, 3.05) is 7.11 Å². The van der Waals surface area contributed by atoms with Crippen LogP contribution in [0.2, 0.25) is 0 Å². The molecule has 0 spiro atoms. The average Bonchev–Trinajstić information content (AvgIpc) is 2.22. The highest BCUT2D eigenvalue weighted by atomic mass is 16.5. The van der Waals surface area contributed by atoms with Gasteiger partial charge in [0.15, 0.2) is 0 Å². The van der Waals surface area contributed by atoms with Crippen LogP contribution in [-0.2, 0) is 19.1 Å². The Morgan fingerprint density at radius 1 is 1.06 bits per heavy atom. The summed E-state index contributed by atoms with van der Waals surface area (Å²) >= 11 is 0. The van der Waals surface area contributed by atoms with Crippen molar-refractivity contribution in [1.82, 2.24) is 10.6 Å². The second-order valence-corrected chi connectivity index (χ2v) is 4.18. The summed E-state index contributed by atoms with van der Waals surface area (Å²) in [6, 6.07) is -1.39. The van der Waals surface area contributed by atoms with Crippen LogP contribution in [0.3, 0.4) is 0 Å². The lowest BCUT2D eigenvalue weighted by atomic mass is 10.0. The fourth-order valence-corrected chi connectivity index (χ4v) is 1.27. The van der Waals surface area contributed by atoms with Gasteiger partial charge in [0, 0.05) is 6.92 Å². The largest absolute Gasteiger partial charge is 0.467 e. The Labute approximate surface area is 101 Å². The SMILES string of the molecule is COC(=O)[C@@H](NC(=O)[C@@H](C)NC(C)=O)C(C)C. The highest BCUT2D eigenvalue weighted by Crippen LogP contribution is 2.03. The van der Waals surface area contributed by atoms with Crippen LogP contribution in [0.5, 0.6) is 0 Å². The first-order valence-corrected chi connectivity index (χ1v) is 5.44. The fraction of sp³-hybridized carbons (Fsp3) is 0.727. The van der Waals surface area contributed by atoms with Crippen molar-refractivity contribution in [3.8, 4) is 0 Å².